The zero-order chi connectivity index (χ0) is 19.9. The van der Waals surface area contributed by atoms with Gasteiger partial charge in [0, 0.05) is 42.8 Å². The highest BCUT2D eigenvalue weighted by molar-refractivity contribution is 7.88. The Labute approximate surface area is 169 Å². The van der Waals surface area contributed by atoms with Crippen LogP contribution < -0.4 is 5.32 Å². The highest BCUT2D eigenvalue weighted by atomic mass is 32.2. The maximum absolute atomic E-state index is 12.9. The summed E-state index contributed by atoms with van der Waals surface area (Å²) >= 11 is 1.46. The number of hydrogen-bond donors (Lipinski definition) is 1. The van der Waals surface area contributed by atoms with E-state index >= 15 is 0 Å². The van der Waals surface area contributed by atoms with E-state index in [1.165, 1.54) is 21.9 Å². The Morgan fingerprint density at radius 2 is 1.82 bits per heavy atom. The monoisotopic (exact) mass is 426 g/mol. The molecule has 1 N–H and O–H groups in total. The van der Waals surface area contributed by atoms with E-state index < -0.39 is 10.0 Å². The standard InChI is InChI=1S/C18H26N4O4S2/c1-28(25,26)22-9-5-13(6-10-22)17(24)21-8-7-14-15(11-21)27-18(19-14)20-16(23)12-3-2-4-12/h12-13H,2-11H2,1H3,(H,19,20,23). The van der Waals surface area contributed by atoms with Crippen molar-refractivity contribution in [2.45, 2.75) is 45.1 Å². The molecule has 2 fully saturated rings. The van der Waals surface area contributed by atoms with Gasteiger partial charge in [-0.2, -0.15) is 0 Å². The van der Waals surface area contributed by atoms with Crippen LogP contribution >= 0.6 is 11.3 Å². The van der Waals surface area contributed by atoms with Crippen LogP contribution in [0.1, 0.15) is 42.7 Å². The molecule has 0 spiro atoms. The number of carbonyl (C=O) groups excluding carboxylic acids is 2. The minimum Gasteiger partial charge on any atom is -0.337 e. The van der Waals surface area contributed by atoms with Gasteiger partial charge in [0.2, 0.25) is 21.8 Å². The number of anilines is 1. The number of amides is 2. The quantitative estimate of drug-likeness (QED) is 0.785. The molecule has 2 aliphatic heterocycles. The molecule has 0 atom stereocenters. The van der Waals surface area contributed by atoms with Crippen LogP contribution in [0, 0.1) is 11.8 Å². The first kappa shape index (κ1) is 19.8. The maximum Gasteiger partial charge on any atom is 0.229 e. The van der Waals surface area contributed by atoms with Crippen molar-refractivity contribution < 1.29 is 18.0 Å². The van der Waals surface area contributed by atoms with E-state index in [1.54, 1.807) is 0 Å². The fraction of sp³-hybridized carbons (Fsp3) is 0.722. The number of carbonyl (C=O) groups is 2. The molecule has 8 nitrogen and oxygen atoms in total. The Morgan fingerprint density at radius 1 is 1.11 bits per heavy atom. The van der Waals surface area contributed by atoms with E-state index in [2.05, 4.69) is 10.3 Å². The van der Waals surface area contributed by atoms with Crippen molar-refractivity contribution in [1.29, 1.82) is 0 Å². The topological polar surface area (TPSA) is 99.7 Å². The Kier molecular flexibility index (Phi) is 5.45. The second-order valence-corrected chi connectivity index (χ2v) is 11.0. The molecule has 1 saturated carbocycles. The Hall–Kier alpha value is -1.52. The van der Waals surface area contributed by atoms with Gasteiger partial charge in [-0.3, -0.25) is 9.59 Å². The summed E-state index contributed by atoms with van der Waals surface area (Å²) in [7, 11) is -3.18. The normalized spacial score (nSPS) is 21.8. The van der Waals surface area contributed by atoms with Crippen molar-refractivity contribution in [3.63, 3.8) is 0 Å². The Morgan fingerprint density at radius 3 is 2.43 bits per heavy atom. The Balaban J connectivity index is 1.35. The van der Waals surface area contributed by atoms with Crippen molar-refractivity contribution in [2.75, 3.05) is 31.2 Å². The van der Waals surface area contributed by atoms with Crippen molar-refractivity contribution in [1.82, 2.24) is 14.2 Å². The minimum atomic E-state index is -3.18. The third-order valence-corrected chi connectivity index (χ3v) is 8.32. The van der Waals surface area contributed by atoms with Gasteiger partial charge in [-0.25, -0.2) is 17.7 Å². The van der Waals surface area contributed by atoms with Gasteiger partial charge in [0.15, 0.2) is 5.13 Å². The van der Waals surface area contributed by atoms with Crippen LogP contribution in [0.4, 0.5) is 5.13 Å². The van der Waals surface area contributed by atoms with E-state index in [0.717, 1.165) is 29.8 Å². The van der Waals surface area contributed by atoms with Gasteiger partial charge in [0.25, 0.3) is 0 Å². The molecule has 4 rings (SSSR count). The number of hydrogen-bond acceptors (Lipinski definition) is 6. The molecule has 1 aromatic heterocycles. The van der Waals surface area contributed by atoms with Gasteiger partial charge in [-0.15, -0.1) is 0 Å². The lowest BCUT2D eigenvalue weighted by atomic mass is 9.85. The first-order chi connectivity index (χ1) is 13.3. The summed E-state index contributed by atoms with van der Waals surface area (Å²) in [5.74, 6) is 0.164. The van der Waals surface area contributed by atoms with Crippen LogP contribution in [0.5, 0.6) is 0 Å². The lowest BCUT2D eigenvalue weighted by molar-refractivity contribution is -0.137. The van der Waals surface area contributed by atoms with Crippen LogP contribution in [0.25, 0.3) is 0 Å². The number of piperidine rings is 1. The predicted octanol–water partition coefficient (Wildman–Crippen LogP) is 1.44. The van der Waals surface area contributed by atoms with Crippen LogP contribution in [0.15, 0.2) is 0 Å². The molecule has 1 saturated heterocycles. The fourth-order valence-corrected chi connectivity index (χ4v) is 5.91. The second kappa shape index (κ2) is 7.72. The molecule has 0 aromatic carbocycles. The van der Waals surface area contributed by atoms with Gasteiger partial charge in [-0.1, -0.05) is 17.8 Å². The van der Waals surface area contributed by atoms with E-state index in [4.69, 9.17) is 0 Å². The van der Waals surface area contributed by atoms with Crippen LogP contribution in [0.2, 0.25) is 0 Å². The number of nitrogens with zero attached hydrogens (tertiary/aromatic N) is 3. The molecule has 10 heteroatoms. The smallest absolute Gasteiger partial charge is 0.229 e. The van der Waals surface area contributed by atoms with Crippen LogP contribution in [0.3, 0.4) is 0 Å². The molecule has 3 aliphatic rings. The molecule has 2 amide bonds. The van der Waals surface area contributed by atoms with Crippen LogP contribution in [-0.4, -0.2) is 60.3 Å². The SMILES string of the molecule is CS(=O)(=O)N1CCC(C(=O)N2CCc3nc(NC(=O)C4CCC4)sc3C2)CC1. The number of rotatable bonds is 4. The second-order valence-electron chi connectivity index (χ2n) is 7.95. The molecular weight excluding hydrogens is 400 g/mol. The van der Waals surface area contributed by atoms with Gasteiger partial charge < -0.3 is 10.2 Å². The third kappa shape index (κ3) is 4.08. The summed E-state index contributed by atoms with van der Waals surface area (Å²) < 4.78 is 24.7. The first-order valence-corrected chi connectivity index (χ1v) is 12.5. The minimum absolute atomic E-state index is 0.0583. The zero-order valence-electron chi connectivity index (χ0n) is 16.0. The predicted molar refractivity (Wildman–Crippen MR) is 106 cm³/mol. The highest BCUT2D eigenvalue weighted by Crippen LogP contribution is 2.32. The zero-order valence-corrected chi connectivity index (χ0v) is 17.6. The number of fused-ring (bicyclic) bond motifs is 1. The fourth-order valence-electron chi connectivity index (χ4n) is 4.01. The van der Waals surface area contributed by atoms with Gasteiger partial charge in [-0.05, 0) is 25.7 Å². The lowest BCUT2D eigenvalue weighted by Crippen LogP contribution is -2.45. The average molecular weight is 427 g/mol. The Bertz CT molecular complexity index is 870. The van der Waals surface area contributed by atoms with Crippen molar-refractivity contribution in [2.24, 2.45) is 11.8 Å². The molecule has 0 radical (unpaired) electrons. The van der Waals surface area contributed by atoms with Crippen molar-refractivity contribution in [3.05, 3.63) is 10.6 Å². The van der Waals surface area contributed by atoms with Crippen molar-refractivity contribution in [3.8, 4) is 0 Å². The summed E-state index contributed by atoms with van der Waals surface area (Å²) in [5.41, 5.74) is 0.977. The molecule has 3 heterocycles. The number of sulfonamides is 1. The third-order valence-electron chi connectivity index (χ3n) is 6.02. The summed E-state index contributed by atoms with van der Waals surface area (Å²) in [6.07, 6.45) is 6.08. The molecular formula is C18H26N4O4S2. The van der Waals surface area contributed by atoms with E-state index in [1.807, 2.05) is 4.90 Å². The van der Waals surface area contributed by atoms with E-state index in [-0.39, 0.29) is 23.7 Å². The first-order valence-electron chi connectivity index (χ1n) is 9.84. The maximum atomic E-state index is 12.9. The molecule has 0 bridgehead atoms. The van der Waals surface area contributed by atoms with E-state index in [9.17, 15) is 18.0 Å². The summed E-state index contributed by atoms with van der Waals surface area (Å²) in [6, 6.07) is 0. The number of nitrogens with one attached hydrogen (secondary N) is 1. The van der Waals surface area contributed by atoms with E-state index in [0.29, 0.717) is 50.6 Å². The highest BCUT2D eigenvalue weighted by Gasteiger charge is 2.34. The van der Waals surface area contributed by atoms with Gasteiger partial charge in [0.1, 0.15) is 0 Å². The molecule has 154 valence electrons. The molecule has 1 aromatic rings. The molecule has 0 unspecified atom stereocenters. The summed E-state index contributed by atoms with van der Waals surface area (Å²) in [4.78, 5) is 32.5. The van der Waals surface area contributed by atoms with Gasteiger partial charge in [0.05, 0.1) is 18.5 Å². The molecule has 28 heavy (non-hydrogen) atoms. The lowest BCUT2D eigenvalue weighted by Gasteiger charge is -2.34. The van der Waals surface area contributed by atoms with Gasteiger partial charge >= 0.3 is 0 Å². The summed E-state index contributed by atoms with van der Waals surface area (Å²) in [5, 5.41) is 3.57. The van der Waals surface area contributed by atoms with Crippen molar-refractivity contribution >= 4 is 38.3 Å². The summed E-state index contributed by atoms with van der Waals surface area (Å²) in [6.45, 7) is 1.97. The largest absolute Gasteiger partial charge is 0.337 e. The average Bonchev–Trinajstić information content (AvgIpc) is 3.00. The number of thiazole rings is 1. The molecule has 1 aliphatic carbocycles. The van der Waals surface area contributed by atoms with Crippen LogP contribution in [-0.2, 0) is 32.6 Å². The number of aromatic nitrogens is 1.